The van der Waals surface area contributed by atoms with Gasteiger partial charge in [-0.1, -0.05) is 30.3 Å². The van der Waals surface area contributed by atoms with Crippen molar-refractivity contribution in [2.45, 2.75) is 13.0 Å². The monoisotopic (exact) mass is 315 g/mol. The van der Waals surface area contributed by atoms with Gasteiger partial charge < -0.3 is 14.4 Å². The number of imidazole rings is 1. The topological polar surface area (TPSA) is 67.6 Å². The van der Waals surface area contributed by atoms with Gasteiger partial charge in [-0.15, -0.1) is 0 Å². The zero-order valence-electron chi connectivity index (χ0n) is 13.4. The molecule has 3 rings (SSSR count). The summed E-state index contributed by atoms with van der Waals surface area (Å²) in [6.45, 7) is 4.22. The Kier molecular flexibility index (Phi) is 4.45. The summed E-state index contributed by atoms with van der Waals surface area (Å²) in [6, 6.07) is 9.12. The number of aliphatic carboxylic acids is 1. The fourth-order valence-electron chi connectivity index (χ4n) is 3.16. The number of rotatable bonds is 4. The van der Waals surface area contributed by atoms with E-state index in [2.05, 4.69) is 4.98 Å². The number of hydrogen-bond acceptors (Lipinski definition) is 4. The van der Waals surface area contributed by atoms with Crippen LogP contribution in [-0.4, -0.2) is 51.8 Å². The third-order valence-electron chi connectivity index (χ3n) is 4.26. The van der Waals surface area contributed by atoms with Crippen LogP contribution in [0.15, 0.2) is 30.3 Å². The van der Waals surface area contributed by atoms with Gasteiger partial charge in [-0.25, -0.2) is 4.98 Å². The van der Waals surface area contributed by atoms with Crippen molar-refractivity contribution in [3.63, 3.8) is 0 Å². The van der Waals surface area contributed by atoms with Gasteiger partial charge in [0.1, 0.15) is 5.82 Å². The highest BCUT2D eigenvalue weighted by Crippen LogP contribution is 2.29. The number of aryl methyl sites for hydroxylation is 1. The zero-order chi connectivity index (χ0) is 16.4. The molecule has 1 saturated heterocycles. The molecule has 1 aliphatic heterocycles. The summed E-state index contributed by atoms with van der Waals surface area (Å²) in [5.41, 5.74) is 2.47. The third-order valence-corrected chi connectivity index (χ3v) is 4.26. The standard InChI is InChI=1S/C17H21N3O3/c1-12-14(15(17(21)22)20-8-10-23-11-9-20)19(2)16(18-12)13-6-4-3-5-7-13/h3-7,15H,8-11H2,1-2H3,(H,21,22). The highest BCUT2D eigenvalue weighted by Gasteiger charge is 2.33. The molecule has 2 aromatic rings. The molecule has 0 amide bonds. The van der Waals surface area contributed by atoms with E-state index in [0.29, 0.717) is 26.3 Å². The largest absolute Gasteiger partial charge is 0.480 e. The SMILES string of the molecule is Cc1nc(-c2ccccc2)n(C)c1C(C(=O)O)N1CCOCC1. The molecule has 1 aliphatic rings. The minimum absolute atomic E-state index is 0.562. The van der Waals surface area contributed by atoms with Gasteiger partial charge in [0.25, 0.3) is 0 Å². The van der Waals surface area contributed by atoms with E-state index in [1.54, 1.807) is 0 Å². The lowest BCUT2D eigenvalue weighted by atomic mass is 10.1. The summed E-state index contributed by atoms with van der Waals surface area (Å²) in [4.78, 5) is 18.5. The summed E-state index contributed by atoms with van der Waals surface area (Å²) < 4.78 is 7.25. The number of benzene rings is 1. The summed E-state index contributed by atoms with van der Waals surface area (Å²) >= 11 is 0. The van der Waals surface area contributed by atoms with Crippen molar-refractivity contribution in [2.24, 2.45) is 7.05 Å². The molecule has 1 aromatic carbocycles. The molecule has 1 atom stereocenters. The van der Waals surface area contributed by atoms with Gasteiger partial charge in [-0.3, -0.25) is 9.69 Å². The molecule has 2 heterocycles. The molecular weight excluding hydrogens is 294 g/mol. The van der Waals surface area contributed by atoms with Crippen LogP contribution in [0.1, 0.15) is 17.4 Å². The number of aromatic nitrogens is 2. The van der Waals surface area contributed by atoms with E-state index in [9.17, 15) is 9.90 Å². The lowest BCUT2D eigenvalue weighted by Crippen LogP contribution is -2.43. The normalized spacial score (nSPS) is 17.1. The van der Waals surface area contributed by atoms with Crippen molar-refractivity contribution in [1.82, 2.24) is 14.5 Å². The molecular formula is C17H21N3O3. The number of morpholine rings is 1. The molecule has 1 aromatic heterocycles. The van der Waals surface area contributed by atoms with E-state index in [1.165, 1.54) is 0 Å². The van der Waals surface area contributed by atoms with Gasteiger partial charge in [0, 0.05) is 25.7 Å². The van der Waals surface area contributed by atoms with Crippen LogP contribution in [0, 0.1) is 6.92 Å². The lowest BCUT2D eigenvalue weighted by molar-refractivity contribution is -0.145. The average Bonchev–Trinajstić information content (AvgIpc) is 2.85. The molecule has 0 aliphatic carbocycles. The highest BCUT2D eigenvalue weighted by atomic mass is 16.5. The van der Waals surface area contributed by atoms with Crippen molar-refractivity contribution >= 4 is 5.97 Å². The Bertz CT molecular complexity index is 691. The number of ether oxygens (including phenoxy) is 1. The molecule has 0 saturated carbocycles. The highest BCUT2D eigenvalue weighted by molar-refractivity contribution is 5.76. The first-order valence-corrected chi connectivity index (χ1v) is 7.73. The van der Waals surface area contributed by atoms with Crippen LogP contribution in [0.3, 0.4) is 0 Å². The minimum Gasteiger partial charge on any atom is -0.480 e. The van der Waals surface area contributed by atoms with E-state index in [-0.39, 0.29) is 0 Å². The Hall–Kier alpha value is -2.18. The first kappa shape index (κ1) is 15.7. The molecule has 6 heteroatoms. The average molecular weight is 315 g/mol. The summed E-state index contributed by atoms with van der Waals surface area (Å²) in [7, 11) is 1.88. The first-order valence-electron chi connectivity index (χ1n) is 7.73. The zero-order valence-corrected chi connectivity index (χ0v) is 13.4. The Labute approximate surface area is 135 Å². The molecule has 0 radical (unpaired) electrons. The second kappa shape index (κ2) is 6.52. The maximum absolute atomic E-state index is 11.9. The van der Waals surface area contributed by atoms with Crippen molar-refractivity contribution in [3.05, 3.63) is 41.7 Å². The number of carbonyl (C=O) groups is 1. The minimum atomic E-state index is -0.849. The van der Waals surface area contributed by atoms with Crippen molar-refractivity contribution in [1.29, 1.82) is 0 Å². The van der Waals surface area contributed by atoms with Crippen LogP contribution in [-0.2, 0) is 16.6 Å². The van der Waals surface area contributed by atoms with Crippen molar-refractivity contribution < 1.29 is 14.6 Å². The quantitative estimate of drug-likeness (QED) is 0.932. The van der Waals surface area contributed by atoms with E-state index in [4.69, 9.17) is 4.74 Å². The molecule has 1 N–H and O–H groups in total. The molecule has 122 valence electrons. The fourth-order valence-corrected chi connectivity index (χ4v) is 3.16. The van der Waals surface area contributed by atoms with Gasteiger partial charge in [0.15, 0.2) is 6.04 Å². The van der Waals surface area contributed by atoms with Crippen molar-refractivity contribution in [2.75, 3.05) is 26.3 Å². The molecule has 0 spiro atoms. The predicted octanol–water partition coefficient (Wildman–Crippen LogP) is 1.85. The van der Waals surface area contributed by atoms with E-state index in [0.717, 1.165) is 22.8 Å². The van der Waals surface area contributed by atoms with Gasteiger partial charge in [-0.05, 0) is 6.92 Å². The van der Waals surface area contributed by atoms with Crippen LogP contribution >= 0.6 is 0 Å². The number of carboxylic acid groups (broad SMARTS) is 1. The lowest BCUT2D eigenvalue weighted by Gasteiger charge is -2.32. The molecule has 1 unspecified atom stereocenters. The van der Waals surface area contributed by atoms with E-state index < -0.39 is 12.0 Å². The molecule has 23 heavy (non-hydrogen) atoms. The maximum atomic E-state index is 11.9. The van der Waals surface area contributed by atoms with E-state index in [1.807, 2.05) is 53.8 Å². The second-order valence-electron chi connectivity index (χ2n) is 5.72. The summed E-state index contributed by atoms with van der Waals surface area (Å²) in [5.74, 6) is -0.0600. The van der Waals surface area contributed by atoms with Gasteiger partial charge in [0.2, 0.25) is 0 Å². The van der Waals surface area contributed by atoms with Gasteiger partial charge in [-0.2, -0.15) is 0 Å². The second-order valence-corrected chi connectivity index (χ2v) is 5.72. The molecule has 1 fully saturated rings. The molecule has 0 bridgehead atoms. The van der Waals surface area contributed by atoms with Crippen LogP contribution in [0.2, 0.25) is 0 Å². The smallest absolute Gasteiger partial charge is 0.327 e. The van der Waals surface area contributed by atoms with Gasteiger partial charge >= 0.3 is 5.97 Å². The maximum Gasteiger partial charge on any atom is 0.327 e. The Morgan fingerprint density at radius 1 is 1.26 bits per heavy atom. The number of nitrogens with zero attached hydrogens (tertiary/aromatic N) is 3. The van der Waals surface area contributed by atoms with Crippen LogP contribution in [0.25, 0.3) is 11.4 Å². The number of carboxylic acids is 1. The summed E-state index contributed by atoms with van der Waals surface area (Å²) in [6.07, 6.45) is 0. The summed E-state index contributed by atoms with van der Waals surface area (Å²) in [5, 5.41) is 9.78. The Morgan fingerprint density at radius 3 is 2.52 bits per heavy atom. The number of hydrogen-bond donors (Lipinski definition) is 1. The van der Waals surface area contributed by atoms with Gasteiger partial charge in [0.05, 0.1) is 24.6 Å². The first-order chi connectivity index (χ1) is 11.1. The third kappa shape index (κ3) is 3.00. The van der Waals surface area contributed by atoms with Crippen LogP contribution < -0.4 is 0 Å². The van der Waals surface area contributed by atoms with Crippen LogP contribution in [0.4, 0.5) is 0 Å². The van der Waals surface area contributed by atoms with Crippen LogP contribution in [0.5, 0.6) is 0 Å². The predicted molar refractivity (Wildman–Crippen MR) is 86.1 cm³/mol. The Balaban J connectivity index is 2.03. The molecule has 6 nitrogen and oxygen atoms in total. The van der Waals surface area contributed by atoms with Crippen molar-refractivity contribution in [3.8, 4) is 11.4 Å². The Morgan fingerprint density at radius 2 is 1.91 bits per heavy atom. The van der Waals surface area contributed by atoms with E-state index >= 15 is 0 Å². The fraction of sp³-hybridized carbons (Fsp3) is 0.412.